The Bertz CT molecular complexity index is 3040. The van der Waals surface area contributed by atoms with E-state index in [4.69, 9.17) is 9.40 Å². The van der Waals surface area contributed by atoms with Gasteiger partial charge in [0.25, 0.3) is 0 Å². The van der Waals surface area contributed by atoms with Gasteiger partial charge in [0.2, 0.25) is 0 Å². The Kier molecular flexibility index (Phi) is 4.69. The molecular weight excluding hydrogens is 583 g/mol. The highest BCUT2D eigenvalue weighted by Gasteiger charge is 2.20. The van der Waals surface area contributed by atoms with Crippen LogP contribution < -0.4 is 0 Å². The van der Waals surface area contributed by atoms with Crippen molar-refractivity contribution >= 4 is 97.9 Å². The van der Waals surface area contributed by atoms with Crippen molar-refractivity contribution in [3.8, 4) is 10.8 Å². The van der Waals surface area contributed by atoms with E-state index in [1.165, 1.54) is 43.4 Å². The number of thiazole rings is 1. The third-order valence-corrected chi connectivity index (χ3v) is 10.6. The third-order valence-electron chi connectivity index (χ3n) is 9.55. The fraction of sp³-hybridized carbons (Fsp3) is 0. The molecule has 0 aliphatic heterocycles. The zero-order chi connectivity index (χ0) is 29.9. The van der Waals surface area contributed by atoms with Crippen LogP contribution in [0.25, 0.3) is 97.4 Å². The largest absolute Gasteiger partial charge is 0.456 e. The average Bonchev–Trinajstić information content (AvgIpc) is 3.86. The van der Waals surface area contributed by atoms with Crippen molar-refractivity contribution in [3.63, 3.8) is 0 Å². The van der Waals surface area contributed by atoms with Gasteiger partial charge in [-0.3, -0.25) is 4.57 Å². The number of rotatable bonds is 2. The molecule has 7 aromatic carbocycles. The number of para-hydroxylation sites is 3. The van der Waals surface area contributed by atoms with E-state index in [0.29, 0.717) is 0 Å². The molecule has 0 amide bonds. The number of furan rings is 1. The molecular formula is C41H23N3OS. The predicted octanol–water partition coefficient (Wildman–Crippen LogP) is 11.5. The molecule has 4 nitrogen and oxygen atoms in total. The van der Waals surface area contributed by atoms with E-state index in [-0.39, 0.29) is 0 Å². The quantitative estimate of drug-likeness (QED) is 0.196. The van der Waals surface area contributed by atoms with Crippen molar-refractivity contribution in [2.45, 2.75) is 0 Å². The molecule has 4 aromatic heterocycles. The SMILES string of the molecule is c1ccc2c(c1)ccc1c2c2ccccc2n1-c1ccc2c3ccccc3n(-c3nc4ccc5oc6ccccc6c5c4s3)c2c1. The summed E-state index contributed by atoms with van der Waals surface area (Å²) < 4.78 is 12.1. The van der Waals surface area contributed by atoms with Gasteiger partial charge < -0.3 is 8.98 Å². The molecule has 11 rings (SSSR count). The molecule has 4 heterocycles. The molecule has 0 fully saturated rings. The molecule has 214 valence electrons. The highest BCUT2D eigenvalue weighted by atomic mass is 32.1. The van der Waals surface area contributed by atoms with Gasteiger partial charge in [-0.15, -0.1) is 0 Å². The molecule has 11 aromatic rings. The first-order valence-corrected chi connectivity index (χ1v) is 16.3. The van der Waals surface area contributed by atoms with E-state index in [1.54, 1.807) is 11.3 Å². The minimum Gasteiger partial charge on any atom is -0.456 e. The van der Waals surface area contributed by atoms with Crippen LogP contribution in [0.2, 0.25) is 0 Å². The number of nitrogens with zero attached hydrogens (tertiary/aromatic N) is 3. The molecule has 0 saturated carbocycles. The molecule has 0 bridgehead atoms. The third kappa shape index (κ3) is 3.14. The molecule has 0 unspecified atom stereocenters. The summed E-state index contributed by atoms with van der Waals surface area (Å²) in [5.41, 5.74) is 8.60. The summed E-state index contributed by atoms with van der Waals surface area (Å²) in [6.07, 6.45) is 0. The van der Waals surface area contributed by atoms with Crippen LogP contribution in [0, 0.1) is 0 Å². The topological polar surface area (TPSA) is 35.9 Å². The van der Waals surface area contributed by atoms with E-state index in [1.807, 2.05) is 12.1 Å². The monoisotopic (exact) mass is 605 g/mol. The van der Waals surface area contributed by atoms with Gasteiger partial charge in [0.1, 0.15) is 11.2 Å². The maximum Gasteiger partial charge on any atom is 0.195 e. The lowest BCUT2D eigenvalue weighted by Crippen LogP contribution is -1.96. The Morgan fingerprint density at radius 3 is 2.09 bits per heavy atom. The van der Waals surface area contributed by atoms with Gasteiger partial charge in [0.05, 0.1) is 32.3 Å². The molecule has 0 aliphatic rings. The van der Waals surface area contributed by atoms with Crippen molar-refractivity contribution in [1.82, 2.24) is 14.1 Å². The number of aromatic nitrogens is 3. The molecule has 0 saturated heterocycles. The lowest BCUT2D eigenvalue weighted by Gasteiger charge is -2.10. The van der Waals surface area contributed by atoms with E-state index < -0.39 is 0 Å². The van der Waals surface area contributed by atoms with E-state index in [0.717, 1.165) is 54.0 Å². The van der Waals surface area contributed by atoms with Gasteiger partial charge in [-0.05, 0) is 59.3 Å². The van der Waals surface area contributed by atoms with Crippen LogP contribution in [0.5, 0.6) is 0 Å². The summed E-state index contributed by atoms with van der Waals surface area (Å²) in [5.74, 6) is 0. The zero-order valence-electron chi connectivity index (χ0n) is 24.4. The molecule has 0 aliphatic carbocycles. The van der Waals surface area contributed by atoms with Gasteiger partial charge in [-0.2, -0.15) is 0 Å². The lowest BCUT2D eigenvalue weighted by atomic mass is 10.0. The molecule has 0 radical (unpaired) electrons. The minimum absolute atomic E-state index is 0.896. The van der Waals surface area contributed by atoms with Crippen molar-refractivity contribution in [2.24, 2.45) is 0 Å². The zero-order valence-corrected chi connectivity index (χ0v) is 25.3. The summed E-state index contributed by atoms with van der Waals surface area (Å²) >= 11 is 1.73. The van der Waals surface area contributed by atoms with Crippen LogP contribution in [0.15, 0.2) is 144 Å². The normalized spacial score (nSPS) is 12.3. The summed E-state index contributed by atoms with van der Waals surface area (Å²) in [5, 5.41) is 10.7. The smallest absolute Gasteiger partial charge is 0.195 e. The Labute approximate surface area is 265 Å². The molecule has 0 N–H and O–H groups in total. The van der Waals surface area contributed by atoms with E-state index in [2.05, 4.69) is 137 Å². The van der Waals surface area contributed by atoms with Crippen molar-refractivity contribution in [2.75, 3.05) is 0 Å². The van der Waals surface area contributed by atoms with Gasteiger partial charge in [0, 0.05) is 38.0 Å². The highest BCUT2D eigenvalue weighted by molar-refractivity contribution is 7.22. The van der Waals surface area contributed by atoms with Crippen LogP contribution in [0.4, 0.5) is 0 Å². The second kappa shape index (κ2) is 8.84. The molecule has 0 atom stereocenters. The predicted molar refractivity (Wildman–Crippen MR) is 193 cm³/mol. The molecule has 46 heavy (non-hydrogen) atoms. The first-order chi connectivity index (χ1) is 22.8. The van der Waals surface area contributed by atoms with Crippen LogP contribution in [0.3, 0.4) is 0 Å². The van der Waals surface area contributed by atoms with E-state index in [9.17, 15) is 0 Å². The fourth-order valence-corrected chi connectivity index (χ4v) is 8.75. The summed E-state index contributed by atoms with van der Waals surface area (Å²) in [4.78, 5) is 5.25. The maximum atomic E-state index is 6.22. The number of hydrogen-bond donors (Lipinski definition) is 0. The van der Waals surface area contributed by atoms with Gasteiger partial charge >= 0.3 is 0 Å². The Balaban J connectivity index is 1.23. The second-order valence-electron chi connectivity index (χ2n) is 12.0. The van der Waals surface area contributed by atoms with Gasteiger partial charge in [0.15, 0.2) is 5.13 Å². The highest BCUT2D eigenvalue weighted by Crippen LogP contribution is 2.42. The fourth-order valence-electron chi connectivity index (χ4n) is 7.60. The van der Waals surface area contributed by atoms with Gasteiger partial charge in [-0.25, -0.2) is 4.98 Å². The number of hydrogen-bond acceptors (Lipinski definition) is 3. The van der Waals surface area contributed by atoms with Crippen molar-refractivity contribution < 1.29 is 4.42 Å². The second-order valence-corrected chi connectivity index (χ2v) is 12.9. The summed E-state index contributed by atoms with van der Waals surface area (Å²) in [6.45, 7) is 0. The van der Waals surface area contributed by atoms with E-state index >= 15 is 0 Å². The summed E-state index contributed by atoms with van der Waals surface area (Å²) in [6, 6.07) is 49.9. The number of benzene rings is 7. The molecule has 0 spiro atoms. The number of fused-ring (bicyclic) bond motifs is 13. The molecule has 5 heteroatoms. The Morgan fingerprint density at radius 2 is 1.20 bits per heavy atom. The van der Waals surface area contributed by atoms with Crippen LogP contribution in [0.1, 0.15) is 0 Å². The van der Waals surface area contributed by atoms with Crippen LogP contribution in [-0.2, 0) is 0 Å². The summed E-state index contributed by atoms with van der Waals surface area (Å²) in [7, 11) is 0. The van der Waals surface area contributed by atoms with Gasteiger partial charge in [-0.1, -0.05) is 102 Å². The van der Waals surface area contributed by atoms with Crippen molar-refractivity contribution in [1.29, 1.82) is 0 Å². The first kappa shape index (κ1) is 24.4. The van der Waals surface area contributed by atoms with Crippen LogP contribution >= 0.6 is 11.3 Å². The minimum atomic E-state index is 0.896. The first-order valence-electron chi connectivity index (χ1n) is 15.5. The lowest BCUT2D eigenvalue weighted by molar-refractivity contribution is 0.669. The average molecular weight is 606 g/mol. The standard InChI is InChI=1S/C41H23N3OS/c1-2-10-26-24(9-1)17-21-34-38(26)29-12-4-7-15-33(29)43(34)25-18-19-28-27-11-3-6-14-32(27)44(35(28)23-25)41-42-31-20-22-37-39(40(31)46-41)30-13-5-8-16-36(30)45-37/h1-23H. The Hall–Kier alpha value is -5.91. The van der Waals surface area contributed by atoms with Crippen LogP contribution in [-0.4, -0.2) is 14.1 Å². The maximum absolute atomic E-state index is 6.22. The Morgan fingerprint density at radius 1 is 0.478 bits per heavy atom. The van der Waals surface area contributed by atoms with Crippen molar-refractivity contribution in [3.05, 3.63) is 140 Å².